The van der Waals surface area contributed by atoms with Crippen molar-refractivity contribution in [2.24, 2.45) is 0 Å². The number of carbonyl (C=O) groups excluding carboxylic acids is 2. The predicted molar refractivity (Wildman–Crippen MR) is 105 cm³/mol. The molecule has 0 aliphatic carbocycles. The SMILES string of the molecule is C=CCOc1cccc(NCC(=O)Nc2cccc(NC(=O)CC)c2)c1. The molecule has 0 saturated carbocycles. The molecule has 0 spiro atoms. The second-order valence-electron chi connectivity index (χ2n) is 5.51. The Hall–Kier alpha value is -3.28. The quantitative estimate of drug-likeness (QED) is 0.601. The molecule has 0 aliphatic rings. The summed E-state index contributed by atoms with van der Waals surface area (Å²) in [5.74, 6) is 0.435. The van der Waals surface area contributed by atoms with Gasteiger partial charge in [0.15, 0.2) is 0 Å². The lowest BCUT2D eigenvalue weighted by Gasteiger charge is -2.10. The van der Waals surface area contributed by atoms with Gasteiger partial charge in [-0.25, -0.2) is 0 Å². The van der Waals surface area contributed by atoms with Gasteiger partial charge in [-0.15, -0.1) is 0 Å². The number of nitrogens with one attached hydrogen (secondary N) is 3. The molecule has 6 nitrogen and oxygen atoms in total. The van der Waals surface area contributed by atoms with Gasteiger partial charge in [-0.3, -0.25) is 9.59 Å². The average molecular weight is 353 g/mol. The summed E-state index contributed by atoms with van der Waals surface area (Å²) < 4.78 is 5.46. The number of hydrogen-bond acceptors (Lipinski definition) is 4. The van der Waals surface area contributed by atoms with Crippen LogP contribution in [0, 0.1) is 0 Å². The summed E-state index contributed by atoms with van der Waals surface area (Å²) in [5.41, 5.74) is 2.05. The highest BCUT2D eigenvalue weighted by Gasteiger charge is 2.05. The van der Waals surface area contributed by atoms with Crippen molar-refractivity contribution in [2.75, 3.05) is 29.1 Å². The van der Waals surface area contributed by atoms with Gasteiger partial charge in [0.1, 0.15) is 12.4 Å². The van der Waals surface area contributed by atoms with Crippen LogP contribution in [0.15, 0.2) is 61.2 Å². The van der Waals surface area contributed by atoms with E-state index in [1.165, 1.54) is 0 Å². The van der Waals surface area contributed by atoms with Crippen LogP contribution >= 0.6 is 0 Å². The van der Waals surface area contributed by atoms with Crippen LogP contribution in [0.1, 0.15) is 13.3 Å². The maximum absolute atomic E-state index is 12.1. The molecule has 26 heavy (non-hydrogen) atoms. The molecule has 3 N–H and O–H groups in total. The topological polar surface area (TPSA) is 79.5 Å². The number of ether oxygens (including phenoxy) is 1. The molecule has 6 heteroatoms. The fourth-order valence-corrected chi connectivity index (χ4v) is 2.16. The number of rotatable bonds is 9. The van der Waals surface area contributed by atoms with E-state index in [4.69, 9.17) is 4.74 Å². The standard InChI is InChI=1S/C20H23N3O3/c1-3-11-26-18-10-6-7-15(13-18)21-14-20(25)23-17-9-5-8-16(12-17)22-19(24)4-2/h3,5-10,12-13,21H,1,4,11,14H2,2H3,(H,22,24)(H,23,25). The minimum absolute atomic E-state index is 0.0753. The molecule has 0 atom stereocenters. The first-order chi connectivity index (χ1) is 12.6. The van der Waals surface area contributed by atoms with E-state index in [0.717, 1.165) is 5.69 Å². The van der Waals surface area contributed by atoms with Gasteiger partial charge in [-0.2, -0.15) is 0 Å². The van der Waals surface area contributed by atoms with Gasteiger partial charge in [-0.1, -0.05) is 31.7 Å². The fourth-order valence-electron chi connectivity index (χ4n) is 2.16. The van der Waals surface area contributed by atoms with Crippen LogP contribution < -0.4 is 20.7 Å². The van der Waals surface area contributed by atoms with Crippen molar-refractivity contribution in [3.8, 4) is 5.75 Å². The monoisotopic (exact) mass is 353 g/mol. The highest BCUT2D eigenvalue weighted by Crippen LogP contribution is 2.18. The van der Waals surface area contributed by atoms with Gasteiger partial charge >= 0.3 is 0 Å². The number of amides is 2. The highest BCUT2D eigenvalue weighted by atomic mass is 16.5. The van der Waals surface area contributed by atoms with Crippen molar-refractivity contribution in [2.45, 2.75) is 13.3 Å². The van der Waals surface area contributed by atoms with Crippen molar-refractivity contribution in [3.63, 3.8) is 0 Å². The van der Waals surface area contributed by atoms with E-state index in [1.54, 1.807) is 37.3 Å². The van der Waals surface area contributed by atoms with Gasteiger partial charge in [0.2, 0.25) is 11.8 Å². The first-order valence-corrected chi connectivity index (χ1v) is 8.38. The molecule has 0 saturated heterocycles. The lowest BCUT2D eigenvalue weighted by Crippen LogP contribution is -2.21. The maximum Gasteiger partial charge on any atom is 0.243 e. The Morgan fingerprint density at radius 3 is 2.35 bits per heavy atom. The lowest BCUT2D eigenvalue weighted by molar-refractivity contribution is -0.116. The van der Waals surface area contributed by atoms with Gasteiger partial charge in [0.25, 0.3) is 0 Å². The van der Waals surface area contributed by atoms with E-state index in [-0.39, 0.29) is 18.4 Å². The van der Waals surface area contributed by atoms with Gasteiger partial charge in [0.05, 0.1) is 6.54 Å². The Balaban J connectivity index is 1.88. The molecule has 0 aromatic heterocycles. The minimum atomic E-state index is -0.193. The van der Waals surface area contributed by atoms with Crippen molar-refractivity contribution < 1.29 is 14.3 Å². The van der Waals surface area contributed by atoms with Crippen LogP contribution in [0.2, 0.25) is 0 Å². The smallest absolute Gasteiger partial charge is 0.243 e. The molecular formula is C20H23N3O3. The molecule has 2 aromatic carbocycles. The molecule has 2 aromatic rings. The molecule has 0 bridgehead atoms. The number of hydrogen-bond donors (Lipinski definition) is 3. The van der Waals surface area contributed by atoms with E-state index in [9.17, 15) is 9.59 Å². The van der Waals surface area contributed by atoms with Crippen LogP contribution in [0.25, 0.3) is 0 Å². The third kappa shape index (κ3) is 6.32. The minimum Gasteiger partial charge on any atom is -0.489 e. The summed E-state index contributed by atoms with van der Waals surface area (Å²) in [6.07, 6.45) is 2.07. The zero-order chi connectivity index (χ0) is 18.8. The zero-order valence-corrected chi connectivity index (χ0v) is 14.7. The van der Waals surface area contributed by atoms with Crippen molar-refractivity contribution in [1.29, 1.82) is 0 Å². The fraction of sp³-hybridized carbons (Fsp3) is 0.200. The molecule has 0 heterocycles. The van der Waals surface area contributed by atoms with Crippen LogP contribution in [0.4, 0.5) is 17.1 Å². The Morgan fingerprint density at radius 1 is 1.00 bits per heavy atom. The average Bonchev–Trinajstić information content (AvgIpc) is 2.65. The largest absolute Gasteiger partial charge is 0.489 e. The van der Waals surface area contributed by atoms with Crippen LogP contribution in [-0.2, 0) is 9.59 Å². The molecular weight excluding hydrogens is 330 g/mol. The Bertz CT molecular complexity index is 774. The highest BCUT2D eigenvalue weighted by molar-refractivity contribution is 5.95. The summed E-state index contributed by atoms with van der Waals surface area (Å²) in [7, 11) is 0. The Kier molecular flexibility index (Phi) is 7.24. The second-order valence-corrected chi connectivity index (χ2v) is 5.51. The molecule has 136 valence electrons. The molecule has 0 aliphatic heterocycles. The zero-order valence-electron chi connectivity index (χ0n) is 14.7. The number of anilines is 3. The molecule has 2 amide bonds. The van der Waals surface area contributed by atoms with Gasteiger partial charge < -0.3 is 20.7 Å². The van der Waals surface area contributed by atoms with Crippen LogP contribution in [0.3, 0.4) is 0 Å². The molecule has 0 radical (unpaired) electrons. The summed E-state index contributed by atoms with van der Waals surface area (Å²) in [6.45, 7) is 5.92. The summed E-state index contributed by atoms with van der Waals surface area (Å²) in [5, 5.41) is 8.60. The normalized spacial score (nSPS) is 9.88. The van der Waals surface area contributed by atoms with Crippen molar-refractivity contribution in [1.82, 2.24) is 0 Å². The number of benzene rings is 2. The number of carbonyl (C=O) groups is 2. The Morgan fingerprint density at radius 2 is 1.65 bits per heavy atom. The lowest BCUT2D eigenvalue weighted by atomic mass is 10.2. The summed E-state index contributed by atoms with van der Waals surface area (Å²) >= 11 is 0. The molecule has 0 unspecified atom stereocenters. The Labute approximate surface area is 153 Å². The third-order valence-electron chi connectivity index (χ3n) is 3.41. The van der Waals surface area contributed by atoms with Crippen LogP contribution in [0.5, 0.6) is 5.75 Å². The first kappa shape index (κ1) is 19.1. The van der Waals surface area contributed by atoms with E-state index in [0.29, 0.717) is 30.2 Å². The van der Waals surface area contributed by atoms with Crippen LogP contribution in [-0.4, -0.2) is 25.0 Å². The van der Waals surface area contributed by atoms with E-state index in [2.05, 4.69) is 22.5 Å². The van der Waals surface area contributed by atoms with Crippen molar-refractivity contribution in [3.05, 3.63) is 61.2 Å². The van der Waals surface area contributed by atoms with Crippen molar-refractivity contribution >= 4 is 28.9 Å². The second kappa shape index (κ2) is 9.88. The molecule has 0 fully saturated rings. The summed E-state index contributed by atoms with van der Waals surface area (Å²) in [6, 6.07) is 14.4. The third-order valence-corrected chi connectivity index (χ3v) is 3.41. The summed E-state index contributed by atoms with van der Waals surface area (Å²) in [4.78, 5) is 23.6. The maximum atomic E-state index is 12.1. The first-order valence-electron chi connectivity index (χ1n) is 8.38. The van der Waals surface area contributed by atoms with E-state index in [1.807, 2.05) is 24.3 Å². The predicted octanol–water partition coefficient (Wildman–Crippen LogP) is 3.65. The van der Waals surface area contributed by atoms with E-state index >= 15 is 0 Å². The van der Waals surface area contributed by atoms with Gasteiger partial charge in [0, 0.05) is 29.5 Å². The van der Waals surface area contributed by atoms with E-state index < -0.39 is 0 Å². The molecule has 2 rings (SSSR count). The van der Waals surface area contributed by atoms with Gasteiger partial charge in [-0.05, 0) is 30.3 Å².